The summed E-state index contributed by atoms with van der Waals surface area (Å²) in [7, 11) is 1.65. The first-order valence-corrected chi connectivity index (χ1v) is 12.5. The molecule has 1 atom stereocenters. The predicted octanol–water partition coefficient (Wildman–Crippen LogP) is 5.57. The molecular weight excluding hydrogens is 454 g/mol. The Morgan fingerprint density at radius 2 is 1.81 bits per heavy atom. The van der Waals surface area contributed by atoms with Crippen molar-refractivity contribution in [3.8, 4) is 23.1 Å². The van der Waals surface area contributed by atoms with Crippen molar-refractivity contribution in [1.29, 1.82) is 0 Å². The SMILES string of the molecule is C=CCOCC(O)CN(CCC)Cc1c(C(C)C)nn(-c2ccc(OC)cc2)c1Oc1ccccc1. The standard InChI is InChI=1S/C29H39N3O4/c1-6-17-31(19-24(33)21-35-18-7-2)20-27-28(22(3)4)30-32(23-13-15-25(34-5)16-14-23)29(27)36-26-11-9-8-10-12-26/h7-16,22,24,33H,2,6,17-21H2,1,3-5H3. The van der Waals surface area contributed by atoms with Crippen LogP contribution in [0, 0.1) is 0 Å². The first-order chi connectivity index (χ1) is 17.5. The average molecular weight is 494 g/mol. The Bertz CT molecular complexity index is 1060. The predicted molar refractivity (Wildman–Crippen MR) is 143 cm³/mol. The second-order valence-corrected chi connectivity index (χ2v) is 9.06. The largest absolute Gasteiger partial charge is 0.497 e. The van der Waals surface area contributed by atoms with Gasteiger partial charge in [-0.3, -0.25) is 4.90 Å². The number of nitrogens with zero attached hydrogens (tertiary/aromatic N) is 3. The van der Waals surface area contributed by atoms with Gasteiger partial charge in [0.1, 0.15) is 11.5 Å². The lowest BCUT2D eigenvalue weighted by Crippen LogP contribution is -2.35. The fourth-order valence-electron chi connectivity index (χ4n) is 4.08. The summed E-state index contributed by atoms with van der Waals surface area (Å²) in [5, 5.41) is 15.6. The van der Waals surface area contributed by atoms with Crippen LogP contribution in [0.4, 0.5) is 0 Å². The van der Waals surface area contributed by atoms with Crippen LogP contribution in [0.3, 0.4) is 0 Å². The van der Waals surface area contributed by atoms with E-state index < -0.39 is 6.10 Å². The second kappa shape index (κ2) is 13.8. The lowest BCUT2D eigenvalue weighted by Gasteiger charge is -2.25. The molecule has 7 heteroatoms. The lowest BCUT2D eigenvalue weighted by molar-refractivity contribution is 0.0244. The number of aliphatic hydroxyl groups excluding tert-OH is 1. The van der Waals surface area contributed by atoms with Crippen molar-refractivity contribution in [2.24, 2.45) is 0 Å². The number of para-hydroxylation sites is 1. The van der Waals surface area contributed by atoms with Crippen molar-refractivity contribution in [3.05, 3.63) is 78.5 Å². The summed E-state index contributed by atoms with van der Waals surface area (Å²) in [5.74, 6) is 2.38. The van der Waals surface area contributed by atoms with Crippen LogP contribution in [0.15, 0.2) is 67.3 Å². The summed E-state index contributed by atoms with van der Waals surface area (Å²) < 4.78 is 19.2. The van der Waals surface area contributed by atoms with Gasteiger partial charge in [-0.1, -0.05) is 45.0 Å². The zero-order chi connectivity index (χ0) is 25.9. The van der Waals surface area contributed by atoms with Crippen LogP contribution in [0.1, 0.15) is 44.4 Å². The number of hydrogen-bond acceptors (Lipinski definition) is 6. The zero-order valence-corrected chi connectivity index (χ0v) is 21.9. The zero-order valence-electron chi connectivity index (χ0n) is 21.9. The van der Waals surface area contributed by atoms with Gasteiger partial charge in [-0.15, -0.1) is 6.58 Å². The van der Waals surface area contributed by atoms with E-state index in [2.05, 4.69) is 32.3 Å². The van der Waals surface area contributed by atoms with Crippen LogP contribution < -0.4 is 9.47 Å². The van der Waals surface area contributed by atoms with E-state index in [4.69, 9.17) is 19.3 Å². The van der Waals surface area contributed by atoms with Gasteiger partial charge in [-0.05, 0) is 55.3 Å². The molecule has 1 unspecified atom stereocenters. The number of aromatic nitrogens is 2. The molecule has 36 heavy (non-hydrogen) atoms. The van der Waals surface area contributed by atoms with Crippen molar-refractivity contribution in [1.82, 2.24) is 14.7 Å². The third-order valence-corrected chi connectivity index (χ3v) is 5.73. The van der Waals surface area contributed by atoms with Crippen molar-refractivity contribution in [3.63, 3.8) is 0 Å². The molecule has 0 spiro atoms. The van der Waals surface area contributed by atoms with Gasteiger partial charge < -0.3 is 19.3 Å². The van der Waals surface area contributed by atoms with Crippen molar-refractivity contribution >= 4 is 0 Å². The first kappa shape index (κ1) is 27.5. The number of aliphatic hydroxyl groups is 1. The molecule has 1 N–H and O–H groups in total. The maximum absolute atomic E-state index is 10.6. The van der Waals surface area contributed by atoms with Crippen LogP contribution in [-0.4, -0.2) is 59.3 Å². The summed E-state index contributed by atoms with van der Waals surface area (Å²) in [6.07, 6.45) is 2.04. The maximum Gasteiger partial charge on any atom is 0.227 e. The molecule has 0 fully saturated rings. The molecule has 0 aliphatic carbocycles. The van der Waals surface area contributed by atoms with E-state index in [0.717, 1.165) is 41.4 Å². The molecule has 0 amide bonds. The van der Waals surface area contributed by atoms with Crippen LogP contribution in [0.25, 0.3) is 5.69 Å². The topological polar surface area (TPSA) is 69.0 Å². The number of hydrogen-bond donors (Lipinski definition) is 1. The molecule has 194 valence electrons. The number of benzene rings is 2. The molecule has 0 aliphatic rings. The van der Waals surface area contributed by atoms with E-state index in [-0.39, 0.29) is 12.5 Å². The van der Waals surface area contributed by atoms with Gasteiger partial charge in [0.05, 0.1) is 43.4 Å². The summed E-state index contributed by atoms with van der Waals surface area (Å²) in [4.78, 5) is 2.24. The van der Waals surface area contributed by atoms with E-state index >= 15 is 0 Å². The highest BCUT2D eigenvalue weighted by atomic mass is 16.5. The average Bonchev–Trinajstić information content (AvgIpc) is 3.23. The van der Waals surface area contributed by atoms with Crippen LogP contribution in [-0.2, 0) is 11.3 Å². The highest BCUT2D eigenvalue weighted by Crippen LogP contribution is 2.35. The van der Waals surface area contributed by atoms with Crippen LogP contribution in [0.2, 0.25) is 0 Å². The molecule has 1 aromatic heterocycles. The Morgan fingerprint density at radius 3 is 2.42 bits per heavy atom. The third kappa shape index (κ3) is 7.43. The van der Waals surface area contributed by atoms with Crippen molar-refractivity contribution in [2.75, 3.05) is 33.4 Å². The fourth-order valence-corrected chi connectivity index (χ4v) is 4.08. The Morgan fingerprint density at radius 1 is 1.08 bits per heavy atom. The van der Waals surface area contributed by atoms with Gasteiger partial charge in [0.15, 0.2) is 0 Å². The number of ether oxygens (including phenoxy) is 3. The van der Waals surface area contributed by atoms with Gasteiger partial charge in [-0.25, -0.2) is 4.68 Å². The Kier molecular flexibility index (Phi) is 10.5. The minimum Gasteiger partial charge on any atom is -0.497 e. The van der Waals surface area contributed by atoms with Gasteiger partial charge in [0.25, 0.3) is 0 Å². The van der Waals surface area contributed by atoms with Gasteiger partial charge in [0.2, 0.25) is 5.88 Å². The molecule has 0 radical (unpaired) electrons. The smallest absolute Gasteiger partial charge is 0.227 e. The summed E-state index contributed by atoms with van der Waals surface area (Å²) in [6, 6.07) is 17.5. The second-order valence-electron chi connectivity index (χ2n) is 9.06. The van der Waals surface area contributed by atoms with E-state index in [0.29, 0.717) is 25.6 Å². The number of methoxy groups -OCH3 is 1. The minimum absolute atomic E-state index is 0.182. The van der Waals surface area contributed by atoms with Crippen LogP contribution >= 0.6 is 0 Å². The fraction of sp³-hybridized carbons (Fsp3) is 0.414. The highest BCUT2D eigenvalue weighted by Gasteiger charge is 2.25. The molecule has 0 saturated carbocycles. The van der Waals surface area contributed by atoms with Gasteiger partial charge >= 0.3 is 0 Å². The van der Waals surface area contributed by atoms with Crippen molar-refractivity contribution in [2.45, 2.75) is 45.8 Å². The molecular formula is C29H39N3O4. The Labute approximate surface area is 214 Å². The summed E-state index contributed by atoms with van der Waals surface area (Å²) in [6.45, 7) is 12.7. The monoisotopic (exact) mass is 493 g/mol. The number of rotatable bonds is 15. The quantitative estimate of drug-likeness (QED) is 0.220. The molecule has 2 aromatic carbocycles. The Hall–Kier alpha value is -3.13. The molecule has 0 saturated heterocycles. The van der Waals surface area contributed by atoms with Gasteiger partial charge in [0, 0.05) is 13.1 Å². The first-order valence-electron chi connectivity index (χ1n) is 12.5. The molecule has 3 rings (SSSR count). The van der Waals surface area contributed by atoms with Gasteiger partial charge in [-0.2, -0.15) is 5.10 Å². The maximum atomic E-state index is 10.6. The highest BCUT2D eigenvalue weighted by molar-refractivity contribution is 5.46. The van der Waals surface area contributed by atoms with Crippen molar-refractivity contribution < 1.29 is 19.3 Å². The summed E-state index contributed by atoms with van der Waals surface area (Å²) in [5.41, 5.74) is 2.86. The lowest BCUT2D eigenvalue weighted by atomic mass is 10.1. The molecule has 7 nitrogen and oxygen atoms in total. The summed E-state index contributed by atoms with van der Waals surface area (Å²) >= 11 is 0. The van der Waals surface area contributed by atoms with Crippen LogP contribution in [0.5, 0.6) is 17.4 Å². The van der Waals surface area contributed by atoms with E-state index in [9.17, 15) is 5.11 Å². The molecule has 0 aliphatic heterocycles. The van der Waals surface area contributed by atoms with E-state index in [1.54, 1.807) is 13.2 Å². The molecule has 0 bridgehead atoms. The molecule has 1 heterocycles. The normalized spacial score (nSPS) is 12.2. The Balaban J connectivity index is 2.01. The minimum atomic E-state index is -0.603. The molecule has 3 aromatic rings. The van der Waals surface area contributed by atoms with E-state index in [1.807, 2.05) is 59.3 Å². The van der Waals surface area contributed by atoms with E-state index in [1.165, 1.54) is 0 Å². The third-order valence-electron chi connectivity index (χ3n) is 5.73.